The summed E-state index contributed by atoms with van der Waals surface area (Å²) in [4.78, 5) is 14.9. The van der Waals surface area contributed by atoms with E-state index in [4.69, 9.17) is 4.74 Å². The molecule has 0 radical (unpaired) electrons. The lowest BCUT2D eigenvalue weighted by Gasteiger charge is -2.17. The van der Waals surface area contributed by atoms with Gasteiger partial charge in [0.15, 0.2) is 15.8 Å². The van der Waals surface area contributed by atoms with Crippen LogP contribution in [0, 0.1) is 10.1 Å². The smallest absolute Gasteiger partial charge is 0.269 e. The molecule has 2 N–H and O–H groups in total. The number of ether oxygens (including phenoxy) is 1. The number of hydrogen-bond acceptors (Lipinski definition) is 6. The quantitative estimate of drug-likeness (QED) is 0.163. The van der Waals surface area contributed by atoms with Crippen molar-refractivity contribution in [2.75, 3.05) is 25.2 Å². The normalized spacial score (nSPS) is 17.3. The van der Waals surface area contributed by atoms with Gasteiger partial charge >= 0.3 is 0 Å². The van der Waals surface area contributed by atoms with Crippen molar-refractivity contribution in [3.63, 3.8) is 0 Å². The molecule has 9 nitrogen and oxygen atoms in total. The molecule has 1 atom stereocenters. The largest absolute Gasteiger partial charge is 0.497 e. The summed E-state index contributed by atoms with van der Waals surface area (Å²) in [6.07, 6.45) is 1.30. The third kappa shape index (κ3) is 7.93. The molecule has 1 fully saturated rings. The van der Waals surface area contributed by atoms with Crippen molar-refractivity contribution >= 4 is 45.5 Å². The SMILES string of the molecule is COc1ccc(CCNC(=NCc2ccc([N+](=O)[O-])cc2)NC2CCS(=O)(=O)C2)cc1.I. The highest BCUT2D eigenvalue weighted by Crippen LogP contribution is 2.14. The van der Waals surface area contributed by atoms with Gasteiger partial charge in [-0.25, -0.2) is 13.4 Å². The first-order chi connectivity index (χ1) is 14.8. The Morgan fingerprint density at radius 2 is 1.81 bits per heavy atom. The highest BCUT2D eigenvalue weighted by Gasteiger charge is 2.28. The summed E-state index contributed by atoms with van der Waals surface area (Å²) in [5.74, 6) is 1.58. The van der Waals surface area contributed by atoms with E-state index in [0.29, 0.717) is 25.5 Å². The molecule has 0 aliphatic carbocycles. The lowest BCUT2D eigenvalue weighted by molar-refractivity contribution is -0.384. The average molecular weight is 574 g/mol. The van der Waals surface area contributed by atoms with Crippen molar-refractivity contribution in [1.82, 2.24) is 10.6 Å². The standard InChI is InChI=1S/C21H26N4O5S.HI/c1-30-20-8-4-16(5-9-20)10-12-22-21(24-18-11-13-31(28,29)15-18)23-14-17-2-6-19(7-3-17)25(26)27;/h2-9,18H,10-15H2,1H3,(H2,22,23,24);1H. The maximum Gasteiger partial charge on any atom is 0.269 e. The van der Waals surface area contributed by atoms with E-state index in [1.807, 2.05) is 24.3 Å². The van der Waals surface area contributed by atoms with Crippen molar-refractivity contribution in [3.05, 3.63) is 69.8 Å². The van der Waals surface area contributed by atoms with Crippen molar-refractivity contribution in [2.45, 2.75) is 25.4 Å². The van der Waals surface area contributed by atoms with Gasteiger partial charge in [-0.3, -0.25) is 10.1 Å². The molecule has 0 aromatic heterocycles. The number of nitrogens with zero attached hydrogens (tertiary/aromatic N) is 2. The van der Waals surface area contributed by atoms with Gasteiger partial charge in [-0.15, -0.1) is 24.0 Å². The fraction of sp³-hybridized carbons (Fsp3) is 0.381. The van der Waals surface area contributed by atoms with E-state index < -0.39 is 14.8 Å². The van der Waals surface area contributed by atoms with Crippen molar-refractivity contribution in [2.24, 2.45) is 4.99 Å². The van der Waals surface area contributed by atoms with Gasteiger partial charge in [0.1, 0.15) is 5.75 Å². The van der Waals surface area contributed by atoms with Crippen LogP contribution in [-0.2, 0) is 22.8 Å². The Hall–Kier alpha value is -2.41. The predicted octanol–water partition coefficient (Wildman–Crippen LogP) is 2.69. The number of nitro benzene ring substituents is 1. The third-order valence-electron chi connectivity index (χ3n) is 5.01. The number of benzene rings is 2. The highest BCUT2D eigenvalue weighted by molar-refractivity contribution is 14.0. The van der Waals surface area contributed by atoms with Gasteiger partial charge in [-0.05, 0) is 36.1 Å². The topological polar surface area (TPSA) is 123 Å². The maximum atomic E-state index is 11.8. The van der Waals surface area contributed by atoms with Gasteiger partial charge in [0.25, 0.3) is 5.69 Å². The predicted molar refractivity (Wildman–Crippen MR) is 135 cm³/mol. The molecule has 174 valence electrons. The first kappa shape index (κ1) is 25.8. The molecule has 0 amide bonds. The zero-order valence-corrected chi connectivity index (χ0v) is 20.8. The summed E-state index contributed by atoms with van der Waals surface area (Å²) in [6.45, 7) is 0.924. The molecule has 0 bridgehead atoms. The molecule has 3 rings (SSSR count). The van der Waals surface area contributed by atoms with Crippen LogP contribution in [0.25, 0.3) is 0 Å². The van der Waals surface area contributed by atoms with E-state index in [2.05, 4.69) is 15.6 Å². The molecule has 2 aromatic rings. The molecule has 1 aliphatic rings. The number of guanidine groups is 1. The number of nitrogens with one attached hydrogen (secondary N) is 2. The average Bonchev–Trinajstić information content (AvgIpc) is 3.10. The van der Waals surface area contributed by atoms with Crippen LogP contribution in [0.5, 0.6) is 5.75 Å². The highest BCUT2D eigenvalue weighted by atomic mass is 127. The Bertz CT molecular complexity index is 1030. The first-order valence-corrected chi connectivity index (χ1v) is 11.8. The van der Waals surface area contributed by atoms with Gasteiger partial charge in [0.05, 0.1) is 30.1 Å². The number of nitro groups is 1. The summed E-state index contributed by atoms with van der Waals surface area (Å²) >= 11 is 0. The molecular weight excluding hydrogens is 547 g/mol. The maximum absolute atomic E-state index is 11.8. The summed E-state index contributed by atoms with van der Waals surface area (Å²) in [5.41, 5.74) is 1.98. The Labute approximate surface area is 204 Å². The van der Waals surface area contributed by atoms with Crippen LogP contribution in [0.2, 0.25) is 0 Å². The van der Waals surface area contributed by atoms with Crippen LogP contribution in [0.15, 0.2) is 53.5 Å². The summed E-state index contributed by atoms with van der Waals surface area (Å²) < 4.78 is 28.7. The summed E-state index contributed by atoms with van der Waals surface area (Å²) in [7, 11) is -1.39. The second-order valence-corrected chi connectivity index (χ2v) is 9.59. The molecule has 1 aliphatic heterocycles. The van der Waals surface area contributed by atoms with Gasteiger partial charge in [0, 0.05) is 24.7 Å². The first-order valence-electron chi connectivity index (χ1n) is 9.96. The Morgan fingerprint density at radius 3 is 2.38 bits per heavy atom. The Kier molecular flexibility index (Phi) is 9.69. The van der Waals surface area contributed by atoms with E-state index in [0.717, 1.165) is 23.3 Å². The molecular formula is C21H27IN4O5S. The number of non-ortho nitro benzene ring substituents is 1. The van der Waals surface area contributed by atoms with Gasteiger partial charge in [-0.2, -0.15) is 0 Å². The fourth-order valence-electron chi connectivity index (χ4n) is 3.27. The van der Waals surface area contributed by atoms with Crippen LogP contribution in [0.1, 0.15) is 17.5 Å². The minimum Gasteiger partial charge on any atom is -0.497 e. The minimum absolute atomic E-state index is 0. The van der Waals surface area contributed by atoms with E-state index in [-0.39, 0.29) is 47.2 Å². The zero-order chi connectivity index (χ0) is 22.3. The van der Waals surface area contributed by atoms with Crippen molar-refractivity contribution < 1.29 is 18.1 Å². The van der Waals surface area contributed by atoms with E-state index in [1.54, 1.807) is 19.2 Å². The van der Waals surface area contributed by atoms with E-state index in [9.17, 15) is 18.5 Å². The second kappa shape index (κ2) is 12.0. The molecule has 1 saturated heterocycles. The summed E-state index contributed by atoms with van der Waals surface area (Å²) in [6, 6.07) is 13.8. The number of halogens is 1. The third-order valence-corrected chi connectivity index (χ3v) is 6.77. The molecule has 1 unspecified atom stereocenters. The zero-order valence-electron chi connectivity index (χ0n) is 17.7. The molecule has 11 heteroatoms. The summed E-state index contributed by atoms with van der Waals surface area (Å²) in [5, 5.41) is 17.3. The lowest BCUT2D eigenvalue weighted by Crippen LogP contribution is -2.44. The number of sulfone groups is 1. The number of methoxy groups -OCH3 is 1. The molecule has 1 heterocycles. The van der Waals surface area contributed by atoms with Crippen LogP contribution >= 0.6 is 24.0 Å². The monoisotopic (exact) mass is 574 g/mol. The molecule has 2 aromatic carbocycles. The number of hydrogen-bond donors (Lipinski definition) is 2. The van der Waals surface area contributed by atoms with Crippen LogP contribution < -0.4 is 15.4 Å². The Balaban J connectivity index is 0.00000363. The van der Waals surface area contributed by atoms with Gasteiger partial charge in [0.2, 0.25) is 0 Å². The fourth-order valence-corrected chi connectivity index (χ4v) is 4.94. The Morgan fingerprint density at radius 1 is 1.16 bits per heavy atom. The van der Waals surface area contributed by atoms with Gasteiger partial charge < -0.3 is 15.4 Å². The van der Waals surface area contributed by atoms with Crippen LogP contribution in [-0.4, -0.2) is 50.5 Å². The number of rotatable bonds is 8. The second-order valence-electron chi connectivity index (χ2n) is 7.36. The van der Waals surface area contributed by atoms with Crippen LogP contribution in [0.3, 0.4) is 0 Å². The molecule has 32 heavy (non-hydrogen) atoms. The lowest BCUT2D eigenvalue weighted by atomic mass is 10.1. The van der Waals surface area contributed by atoms with E-state index in [1.165, 1.54) is 12.1 Å². The molecule has 0 saturated carbocycles. The van der Waals surface area contributed by atoms with Crippen LogP contribution in [0.4, 0.5) is 5.69 Å². The minimum atomic E-state index is -3.01. The van der Waals surface area contributed by atoms with Crippen molar-refractivity contribution in [1.29, 1.82) is 0 Å². The molecule has 0 spiro atoms. The number of aliphatic imine (C=N–C) groups is 1. The van der Waals surface area contributed by atoms with Gasteiger partial charge in [-0.1, -0.05) is 24.3 Å². The van der Waals surface area contributed by atoms with Crippen molar-refractivity contribution in [3.8, 4) is 5.75 Å². The van der Waals surface area contributed by atoms with E-state index >= 15 is 0 Å².